The fraction of sp³-hybridized carbons (Fsp3) is 0.385. The van der Waals surface area contributed by atoms with E-state index in [0.29, 0.717) is 21.2 Å². The molecule has 1 aromatic carbocycles. The topological polar surface area (TPSA) is 46.0 Å². The summed E-state index contributed by atoms with van der Waals surface area (Å²) in [4.78, 5) is 0.597. The van der Waals surface area contributed by atoms with Crippen LogP contribution in [-0.2, 0) is 5.41 Å². The van der Waals surface area contributed by atoms with Crippen LogP contribution >= 0.6 is 23.1 Å². The van der Waals surface area contributed by atoms with Crippen molar-refractivity contribution in [1.82, 2.24) is 9.59 Å². The highest BCUT2D eigenvalue weighted by Crippen LogP contribution is 2.36. The Kier molecular flexibility index (Phi) is 3.90. The Bertz CT molecular complexity index is 595. The highest BCUT2D eigenvalue weighted by atomic mass is 35.5. The molecule has 0 aliphatic heterocycles. The Hall–Kier alpha value is -1.04. The third kappa shape index (κ3) is 2.94. The van der Waals surface area contributed by atoms with Gasteiger partial charge in [-0.05, 0) is 29.7 Å². The predicted molar refractivity (Wildman–Crippen MR) is 74.1 cm³/mol. The number of benzene rings is 1. The average Bonchev–Trinajstić information content (AvgIpc) is 2.80. The Balaban J connectivity index is 2.48. The van der Waals surface area contributed by atoms with Crippen LogP contribution in [0, 0.1) is 5.82 Å². The number of rotatable bonds is 2. The van der Waals surface area contributed by atoms with Crippen molar-refractivity contribution in [1.29, 1.82) is 0 Å². The Morgan fingerprint density at radius 1 is 1.37 bits per heavy atom. The van der Waals surface area contributed by atoms with E-state index in [1.165, 1.54) is 18.2 Å². The van der Waals surface area contributed by atoms with Crippen LogP contribution in [0.3, 0.4) is 0 Å². The third-order valence-corrected chi connectivity index (χ3v) is 3.85. The van der Waals surface area contributed by atoms with Gasteiger partial charge in [-0.1, -0.05) is 36.9 Å². The lowest BCUT2D eigenvalue weighted by Gasteiger charge is -2.19. The zero-order chi connectivity index (χ0) is 14.2. The van der Waals surface area contributed by atoms with Crippen LogP contribution in [-0.4, -0.2) is 14.7 Å². The monoisotopic (exact) mass is 300 g/mol. The number of aromatic nitrogens is 2. The maximum absolute atomic E-state index is 13.3. The fourth-order valence-electron chi connectivity index (χ4n) is 1.76. The lowest BCUT2D eigenvalue weighted by atomic mass is 9.89. The maximum atomic E-state index is 13.3. The third-order valence-electron chi connectivity index (χ3n) is 2.72. The second-order valence-corrected chi connectivity index (χ2v) is 6.50. The first kappa shape index (κ1) is 14.4. The fourth-order valence-corrected chi connectivity index (χ4v) is 2.85. The zero-order valence-corrected chi connectivity index (χ0v) is 12.4. The van der Waals surface area contributed by atoms with E-state index in [9.17, 15) is 9.50 Å². The first-order valence-corrected chi connectivity index (χ1v) is 6.91. The van der Waals surface area contributed by atoms with Crippen LogP contribution < -0.4 is 0 Å². The summed E-state index contributed by atoms with van der Waals surface area (Å²) in [6, 6.07) is 3.92. The molecule has 1 heterocycles. The minimum absolute atomic E-state index is 0.247. The standard InChI is InChI=1S/C13H14ClFN2OS/c1-13(2,3)12-11(19-17-16-12)10(18)8-6-7(15)4-5-9(8)14/h4-6,10,18H,1-3H3. The largest absolute Gasteiger partial charge is 0.383 e. The molecule has 0 amide bonds. The number of aliphatic hydroxyl groups is 1. The summed E-state index contributed by atoms with van der Waals surface area (Å²) in [7, 11) is 0. The van der Waals surface area contributed by atoms with Crippen molar-refractivity contribution >= 4 is 23.1 Å². The quantitative estimate of drug-likeness (QED) is 0.919. The number of hydrogen-bond donors (Lipinski definition) is 1. The summed E-state index contributed by atoms with van der Waals surface area (Å²) in [6.45, 7) is 5.94. The molecule has 19 heavy (non-hydrogen) atoms. The van der Waals surface area contributed by atoms with Crippen molar-refractivity contribution in [2.45, 2.75) is 32.3 Å². The first-order valence-electron chi connectivity index (χ1n) is 5.76. The van der Waals surface area contributed by atoms with E-state index in [-0.39, 0.29) is 5.41 Å². The van der Waals surface area contributed by atoms with Gasteiger partial charge in [0.25, 0.3) is 0 Å². The van der Waals surface area contributed by atoms with E-state index in [1.807, 2.05) is 20.8 Å². The number of nitrogens with zero attached hydrogens (tertiary/aromatic N) is 2. The van der Waals surface area contributed by atoms with Gasteiger partial charge in [-0.2, -0.15) is 0 Å². The molecule has 0 aliphatic carbocycles. The van der Waals surface area contributed by atoms with E-state index in [2.05, 4.69) is 9.59 Å². The first-order chi connectivity index (χ1) is 8.80. The van der Waals surface area contributed by atoms with Gasteiger partial charge < -0.3 is 5.11 Å². The van der Waals surface area contributed by atoms with Gasteiger partial charge in [-0.25, -0.2) is 4.39 Å². The van der Waals surface area contributed by atoms with Gasteiger partial charge in [-0.3, -0.25) is 0 Å². The lowest BCUT2D eigenvalue weighted by Crippen LogP contribution is -2.16. The van der Waals surface area contributed by atoms with Crippen molar-refractivity contribution in [3.63, 3.8) is 0 Å². The van der Waals surface area contributed by atoms with E-state index in [4.69, 9.17) is 11.6 Å². The molecular weight excluding hydrogens is 287 g/mol. The number of aliphatic hydroxyl groups excluding tert-OH is 1. The summed E-state index contributed by atoms with van der Waals surface area (Å²) in [5.41, 5.74) is 0.784. The maximum Gasteiger partial charge on any atom is 0.123 e. The molecule has 0 spiro atoms. The summed E-state index contributed by atoms with van der Waals surface area (Å²) < 4.78 is 17.2. The summed E-state index contributed by atoms with van der Waals surface area (Å²) in [6.07, 6.45) is -1.02. The molecule has 1 aromatic heterocycles. The Morgan fingerprint density at radius 2 is 2.05 bits per heavy atom. The minimum atomic E-state index is -1.02. The molecule has 2 rings (SSSR count). The molecule has 2 aromatic rings. The number of hydrogen-bond acceptors (Lipinski definition) is 4. The van der Waals surface area contributed by atoms with Crippen LogP contribution in [0.2, 0.25) is 5.02 Å². The smallest absolute Gasteiger partial charge is 0.123 e. The van der Waals surface area contributed by atoms with Crippen LogP contribution in [0.4, 0.5) is 4.39 Å². The minimum Gasteiger partial charge on any atom is -0.383 e. The van der Waals surface area contributed by atoms with Crippen molar-refractivity contribution in [2.75, 3.05) is 0 Å². The molecule has 1 N–H and O–H groups in total. The van der Waals surface area contributed by atoms with Crippen LogP contribution in [0.25, 0.3) is 0 Å². The van der Waals surface area contributed by atoms with Gasteiger partial charge in [0.2, 0.25) is 0 Å². The normalized spacial score (nSPS) is 13.6. The SMILES string of the molecule is CC(C)(C)c1nnsc1C(O)c1cc(F)ccc1Cl. The van der Waals surface area contributed by atoms with Gasteiger partial charge in [0, 0.05) is 16.0 Å². The van der Waals surface area contributed by atoms with Gasteiger partial charge in [0.05, 0.1) is 10.6 Å². The van der Waals surface area contributed by atoms with E-state index < -0.39 is 11.9 Å². The molecule has 0 bridgehead atoms. The van der Waals surface area contributed by atoms with Crippen LogP contribution in [0.5, 0.6) is 0 Å². The van der Waals surface area contributed by atoms with E-state index in [0.717, 1.165) is 11.5 Å². The summed E-state index contributed by atoms with van der Waals surface area (Å²) in [5.74, 6) is -0.437. The van der Waals surface area contributed by atoms with Gasteiger partial charge in [0.15, 0.2) is 0 Å². The molecule has 0 radical (unpaired) electrons. The molecule has 6 heteroatoms. The van der Waals surface area contributed by atoms with E-state index >= 15 is 0 Å². The van der Waals surface area contributed by atoms with Gasteiger partial charge >= 0.3 is 0 Å². The molecule has 0 saturated heterocycles. The summed E-state index contributed by atoms with van der Waals surface area (Å²) >= 11 is 7.11. The zero-order valence-electron chi connectivity index (χ0n) is 10.8. The van der Waals surface area contributed by atoms with Crippen molar-refractivity contribution in [3.05, 3.63) is 45.2 Å². The van der Waals surface area contributed by atoms with Crippen molar-refractivity contribution in [3.8, 4) is 0 Å². The predicted octanol–water partition coefficient (Wildman–Crippen LogP) is 3.71. The highest BCUT2D eigenvalue weighted by molar-refractivity contribution is 7.05. The highest BCUT2D eigenvalue weighted by Gasteiger charge is 2.28. The van der Waals surface area contributed by atoms with Crippen LogP contribution in [0.1, 0.15) is 43.0 Å². The molecular formula is C13H14ClFN2OS. The molecule has 0 saturated carbocycles. The molecule has 102 valence electrons. The lowest BCUT2D eigenvalue weighted by molar-refractivity contribution is 0.220. The van der Waals surface area contributed by atoms with Gasteiger partial charge in [-0.15, -0.1) is 5.10 Å². The molecule has 0 fully saturated rings. The molecule has 0 aliphatic rings. The number of halogens is 2. The second-order valence-electron chi connectivity index (χ2n) is 5.30. The molecule has 1 atom stereocenters. The Morgan fingerprint density at radius 3 is 2.68 bits per heavy atom. The second kappa shape index (κ2) is 5.15. The summed E-state index contributed by atoms with van der Waals surface area (Å²) in [5, 5.41) is 14.8. The average molecular weight is 301 g/mol. The van der Waals surface area contributed by atoms with E-state index in [1.54, 1.807) is 0 Å². The van der Waals surface area contributed by atoms with Crippen molar-refractivity contribution in [2.24, 2.45) is 0 Å². The van der Waals surface area contributed by atoms with Crippen LogP contribution in [0.15, 0.2) is 18.2 Å². The Labute approximate surface area is 120 Å². The molecule has 1 unspecified atom stereocenters. The van der Waals surface area contributed by atoms with Crippen molar-refractivity contribution < 1.29 is 9.50 Å². The molecule has 3 nitrogen and oxygen atoms in total. The van der Waals surface area contributed by atoms with Gasteiger partial charge in [0.1, 0.15) is 11.9 Å².